The monoisotopic (exact) mass is 333 g/mol. The Balaban J connectivity index is 2.23. The Morgan fingerprint density at radius 3 is 2.48 bits per heavy atom. The molecule has 1 N–H and O–H groups in total. The molecule has 2 rings (SSSR count). The number of likely N-dealkylation sites (N-methyl/N-ethyl adjacent to an activating group) is 2. The van der Waals surface area contributed by atoms with E-state index in [9.17, 15) is 23.1 Å². The summed E-state index contributed by atoms with van der Waals surface area (Å²) >= 11 is 0. The first kappa shape index (κ1) is 17.3. The van der Waals surface area contributed by atoms with Gasteiger partial charge in [-0.2, -0.15) is 13.2 Å². The van der Waals surface area contributed by atoms with Crippen LogP contribution < -0.4 is 4.90 Å². The molecule has 1 aromatic heterocycles. The van der Waals surface area contributed by atoms with Gasteiger partial charge in [-0.25, -0.2) is 14.8 Å². The van der Waals surface area contributed by atoms with Crippen molar-refractivity contribution in [2.75, 3.05) is 38.6 Å². The quantitative estimate of drug-likeness (QED) is 0.844. The lowest BCUT2D eigenvalue weighted by atomic mass is 9.97. The number of alkyl halides is 3. The molecule has 7 nitrogen and oxygen atoms in total. The number of anilines is 1. The number of carboxylic acid groups (broad SMARTS) is 1. The zero-order valence-electron chi connectivity index (χ0n) is 13.0. The van der Waals surface area contributed by atoms with Crippen LogP contribution in [0, 0.1) is 0 Å². The fourth-order valence-electron chi connectivity index (χ4n) is 2.67. The third-order valence-electron chi connectivity index (χ3n) is 3.99. The van der Waals surface area contributed by atoms with Crippen molar-refractivity contribution in [1.82, 2.24) is 19.8 Å². The van der Waals surface area contributed by atoms with Gasteiger partial charge in [0.25, 0.3) is 0 Å². The van der Waals surface area contributed by atoms with Crippen molar-refractivity contribution < 1.29 is 23.1 Å². The standard InChI is InChI=1S/C13H18F3N5O2/c1-4-21(11(22)23)12(19(2)3)7-20(8-12)10-17-6-5-9(18-10)13(14,15)16/h5-6H,4,7-8H2,1-3H3,(H,22,23). The fourth-order valence-corrected chi connectivity index (χ4v) is 2.67. The summed E-state index contributed by atoms with van der Waals surface area (Å²) in [4.78, 5) is 23.3. The van der Waals surface area contributed by atoms with E-state index in [0.717, 1.165) is 12.3 Å². The van der Waals surface area contributed by atoms with Gasteiger partial charge < -0.3 is 10.0 Å². The molecule has 2 heterocycles. The van der Waals surface area contributed by atoms with E-state index in [1.54, 1.807) is 25.9 Å². The highest BCUT2D eigenvalue weighted by atomic mass is 19.4. The van der Waals surface area contributed by atoms with E-state index >= 15 is 0 Å². The second kappa shape index (κ2) is 5.84. The third kappa shape index (κ3) is 3.03. The number of hydrogen-bond acceptors (Lipinski definition) is 5. The summed E-state index contributed by atoms with van der Waals surface area (Å²) in [5.74, 6) is -0.0567. The van der Waals surface area contributed by atoms with E-state index in [1.807, 2.05) is 0 Å². The topological polar surface area (TPSA) is 72.8 Å². The number of hydrogen-bond donors (Lipinski definition) is 1. The van der Waals surface area contributed by atoms with Gasteiger partial charge in [-0.1, -0.05) is 0 Å². The molecule has 1 aliphatic heterocycles. The molecular weight excluding hydrogens is 315 g/mol. The van der Waals surface area contributed by atoms with Crippen molar-refractivity contribution >= 4 is 12.0 Å². The van der Waals surface area contributed by atoms with Crippen molar-refractivity contribution in [1.29, 1.82) is 0 Å². The molecule has 0 unspecified atom stereocenters. The predicted molar refractivity (Wildman–Crippen MR) is 76.1 cm³/mol. The van der Waals surface area contributed by atoms with Crippen LogP contribution in [0.2, 0.25) is 0 Å². The Morgan fingerprint density at radius 2 is 2.04 bits per heavy atom. The Morgan fingerprint density at radius 1 is 1.43 bits per heavy atom. The van der Waals surface area contributed by atoms with Crippen molar-refractivity contribution in [2.45, 2.75) is 18.8 Å². The Hall–Kier alpha value is -2.10. The first-order valence-corrected chi connectivity index (χ1v) is 6.95. The summed E-state index contributed by atoms with van der Waals surface area (Å²) in [6.07, 6.45) is -4.57. The summed E-state index contributed by atoms with van der Waals surface area (Å²) in [5, 5.41) is 9.33. The minimum atomic E-state index is -4.54. The maximum absolute atomic E-state index is 12.7. The minimum absolute atomic E-state index is 0.0567. The first-order chi connectivity index (χ1) is 10.6. The average Bonchev–Trinajstić information content (AvgIpc) is 2.40. The van der Waals surface area contributed by atoms with E-state index in [-0.39, 0.29) is 25.6 Å². The number of carbonyl (C=O) groups is 1. The van der Waals surface area contributed by atoms with Crippen LogP contribution in [0.1, 0.15) is 12.6 Å². The summed E-state index contributed by atoms with van der Waals surface area (Å²) in [6.45, 7) is 2.37. The van der Waals surface area contributed by atoms with Crippen LogP contribution in [0.5, 0.6) is 0 Å². The molecule has 0 aliphatic carbocycles. The van der Waals surface area contributed by atoms with Gasteiger partial charge in [0.05, 0.1) is 13.1 Å². The fraction of sp³-hybridized carbons (Fsp3) is 0.615. The lowest BCUT2D eigenvalue weighted by molar-refractivity contribution is -0.141. The molecule has 0 saturated carbocycles. The number of rotatable bonds is 4. The normalized spacial score (nSPS) is 17.1. The van der Waals surface area contributed by atoms with E-state index in [2.05, 4.69) is 9.97 Å². The summed E-state index contributed by atoms with van der Waals surface area (Å²) in [6, 6.07) is 0.804. The van der Waals surface area contributed by atoms with E-state index in [4.69, 9.17) is 0 Å². The van der Waals surface area contributed by atoms with Gasteiger partial charge in [0, 0.05) is 12.7 Å². The van der Waals surface area contributed by atoms with Crippen LogP contribution in [-0.2, 0) is 6.18 Å². The SMILES string of the molecule is CCN(C(=O)O)C1(N(C)C)CN(c2nccc(C(F)(F)F)n2)C1. The van der Waals surface area contributed by atoms with Gasteiger partial charge in [0.15, 0.2) is 0 Å². The molecule has 1 saturated heterocycles. The molecule has 0 bridgehead atoms. The van der Waals surface area contributed by atoms with E-state index < -0.39 is 23.6 Å². The van der Waals surface area contributed by atoms with Gasteiger partial charge in [0.2, 0.25) is 5.95 Å². The van der Waals surface area contributed by atoms with Crippen LogP contribution >= 0.6 is 0 Å². The molecule has 10 heteroatoms. The molecule has 1 amide bonds. The summed E-state index contributed by atoms with van der Waals surface area (Å²) in [7, 11) is 3.46. The van der Waals surface area contributed by atoms with Crippen LogP contribution in [0.15, 0.2) is 12.3 Å². The van der Waals surface area contributed by atoms with Gasteiger partial charge in [0.1, 0.15) is 11.4 Å². The molecule has 128 valence electrons. The summed E-state index contributed by atoms with van der Waals surface area (Å²) < 4.78 is 38.2. The van der Waals surface area contributed by atoms with Crippen molar-refractivity contribution in [3.8, 4) is 0 Å². The smallest absolute Gasteiger partial charge is 0.433 e. The van der Waals surface area contributed by atoms with Crippen LogP contribution in [-0.4, -0.2) is 70.4 Å². The van der Waals surface area contributed by atoms with Crippen LogP contribution in [0.4, 0.5) is 23.9 Å². The second-order valence-electron chi connectivity index (χ2n) is 5.50. The Bertz CT molecular complexity index is 587. The molecule has 0 atom stereocenters. The van der Waals surface area contributed by atoms with Crippen molar-refractivity contribution in [2.24, 2.45) is 0 Å². The predicted octanol–water partition coefficient (Wildman–Crippen LogP) is 1.57. The summed E-state index contributed by atoms with van der Waals surface area (Å²) in [5.41, 5.74) is -1.83. The van der Waals surface area contributed by atoms with Gasteiger partial charge in [-0.15, -0.1) is 0 Å². The number of aromatic nitrogens is 2. The van der Waals surface area contributed by atoms with Gasteiger partial charge >= 0.3 is 12.3 Å². The zero-order valence-corrected chi connectivity index (χ0v) is 13.0. The van der Waals surface area contributed by atoms with Gasteiger partial charge in [-0.05, 0) is 27.1 Å². The molecular formula is C13H18F3N5O2. The highest BCUT2D eigenvalue weighted by Gasteiger charge is 2.52. The van der Waals surface area contributed by atoms with E-state index in [1.165, 1.54) is 9.80 Å². The lowest BCUT2D eigenvalue weighted by Gasteiger charge is -2.57. The molecule has 1 fully saturated rings. The molecule has 0 radical (unpaired) electrons. The Labute approximate surface area is 131 Å². The highest BCUT2D eigenvalue weighted by molar-refractivity contribution is 5.67. The van der Waals surface area contributed by atoms with E-state index in [0.29, 0.717) is 0 Å². The maximum Gasteiger partial charge on any atom is 0.433 e. The molecule has 1 aromatic rings. The Kier molecular flexibility index (Phi) is 4.38. The highest BCUT2D eigenvalue weighted by Crippen LogP contribution is 2.34. The molecule has 1 aliphatic rings. The first-order valence-electron chi connectivity index (χ1n) is 6.95. The average molecular weight is 333 g/mol. The molecule has 0 spiro atoms. The largest absolute Gasteiger partial charge is 0.465 e. The van der Waals surface area contributed by atoms with Crippen molar-refractivity contribution in [3.05, 3.63) is 18.0 Å². The van der Waals surface area contributed by atoms with Crippen LogP contribution in [0.3, 0.4) is 0 Å². The lowest BCUT2D eigenvalue weighted by Crippen LogP contribution is -2.77. The van der Waals surface area contributed by atoms with Crippen molar-refractivity contribution in [3.63, 3.8) is 0 Å². The number of halogens is 3. The van der Waals surface area contributed by atoms with Crippen LogP contribution in [0.25, 0.3) is 0 Å². The minimum Gasteiger partial charge on any atom is -0.465 e. The number of nitrogens with zero attached hydrogens (tertiary/aromatic N) is 5. The molecule has 23 heavy (non-hydrogen) atoms. The number of amides is 1. The maximum atomic E-state index is 12.7. The zero-order chi connectivity index (χ0) is 17.4. The van der Waals surface area contributed by atoms with Gasteiger partial charge in [-0.3, -0.25) is 9.80 Å². The second-order valence-corrected chi connectivity index (χ2v) is 5.50. The molecule has 0 aromatic carbocycles. The third-order valence-corrected chi connectivity index (χ3v) is 3.99.